The van der Waals surface area contributed by atoms with Crippen molar-refractivity contribution < 1.29 is 33.3 Å². The van der Waals surface area contributed by atoms with Crippen molar-refractivity contribution in [3.8, 4) is 23.0 Å². The molecule has 0 aliphatic carbocycles. The van der Waals surface area contributed by atoms with E-state index in [0.29, 0.717) is 46.8 Å². The molecule has 0 aromatic heterocycles. The lowest BCUT2D eigenvalue weighted by atomic mass is 10.1. The average molecular weight is 419 g/mol. The molecule has 0 atom stereocenters. The van der Waals surface area contributed by atoms with Gasteiger partial charge in [0.2, 0.25) is 5.78 Å². The lowest BCUT2D eigenvalue weighted by molar-refractivity contribution is -0.136. The molecule has 0 unspecified atom stereocenters. The van der Waals surface area contributed by atoms with Crippen LogP contribution in [0.2, 0.25) is 5.02 Å². The number of hydrogen-bond donors (Lipinski definition) is 0. The Morgan fingerprint density at radius 1 is 1.10 bits per heavy atom. The van der Waals surface area contributed by atoms with Crippen LogP contribution >= 0.6 is 11.6 Å². The highest BCUT2D eigenvalue weighted by Crippen LogP contribution is 2.38. The summed E-state index contributed by atoms with van der Waals surface area (Å²) in [5.41, 5.74) is 0.902. The van der Waals surface area contributed by atoms with E-state index in [0.717, 1.165) is 0 Å². The number of ketones is 1. The number of halogens is 1. The second kappa shape index (κ2) is 9.34. The van der Waals surface area contributed by atoms with Crippen LogP contribution in [0.3, 0.4) is 0 Å². The lowest BCUT2D eigenvalue weighted by Gasteiger charge is -2.19. The van der Waals surface area contributed by atoms with Gasteiger partial charge < -0.3 is 23.7 Å². The normalized spacial score (nSPS) is 12.5. The van der Waals surface area contributed by atoms with Crippen molar-refractivity contribution in [2.24, 2.45) is 0 Å². The summed E-state index contributed by atoms with van der Waals surface area (Å²) in [6, 6.07) is 8.16. The van der Waals surface area contributed by atoms with E-state index in [1.165, 1.54) is 32.4 Å². The van der Waals surface area contributed by atoms with Crippen LogP contribution in [0, 0.1) is 0 Å². The molecule has 152 valence electrons. The van der Waals surface area contributed by atoms with Crippen LogP contribution < -0.4 is 18.9 Å². The Morgan fingerprint density at radius 2 is 1.90 bits per heavy atom. The molecule has 3 rings (SSSR count). The van der Waals surface area contributed by atoms with Gasteiger partial charge in [0, 0.05) is 6.08 Å². The lowest BCUT2D eigenvalue weighted by Crippen LogP contribution is -2.15. The quantitative estimate of drug-likeness (QED) is 0.386. The van der Waals surface area contributed by atoms with Gasteiger partial charge in [0.15, 0.2) is 18.1 Å². The van der Waals surface area contributed by atoms with Crippen molar-refractivity contribution in [1.29, 1.82) is 0 Å². The summed E-state index contributed by atoms with van der Waals surface area (Å²) in [4.78, 5) is 24.4. The molecule has 2 aromatic carbocycles. The molecule has 0 fully saturated rings. The molecule has 0 saturated heterocycles. The summed E-state index contributed by atoms with van der Waals surface area (Å²) in [5, 5.41) is 0.385. The second-order valence-electron chi connectivity index (χ2n) is 5.96. The van der Waals surface area contributed by atoms with Crippen LogP contribution in [0.5, 0.6) is 23.0 Å². The van der Waals surface area contributed by atoms with E-state index in [2.05, 4.69) is 0 Å². The number of hydrogen-bond acceptors (Lipinski definition) is 7. The largest absolute Gasteiger partial charge is 0.497 e. The van der Waals surface area contributed by atoms with Gasteiger partial charge in [-0.3, -0.25) is 4.79 Å². The van der Waals surface area contributed by atoms with Crippen molar-refractivity contribution >= 4 is 29.4 Å². The number of Topliss-reactive ketones (excluding diaryl/α,β-unsaturated/α-hetero) is 1. The van der Waals surface area contributed by atoms with Gasteiger partial charge in [-0.2, -0.15) is 0 Å². The minimum absolute atomic E-state index is 0.266. The third-order valence-electron chi connectivity index (χ3n) is 4.08. The fourth-order valence-corrected chi connectivity index (χ4v) is 2.96. The molecule has 8 heteroatoms. The maximum atomic E-state index is 12.4. The number of ether oxygens (including phenoxy) is 5. The highest BCUT2D eigenvalue weighted by molar-refractivity contribution is 6.32. The Bertz CT molecular complexity index is 952. The molecule has 2 aromatic rings. The summed E-state index contributed by atoms with van der Waals surface area (Å²) in [5.74, 6) is 0.771. The molecule has 0 bridgehead atoms. The zero-order valence-electron chi connectivity index (χ0n) is 15.9. The molecule has 1 aliphatic heterocycles. The van der Waals surface area contributed by atoms with Crippen molar-refractivity contribution in [3.63, 3.8) is 0 Å². The molecular weight excluding hydrogens is 400 g/mol. The fourth-order valence-electron chi connectivity index (χ4n) is 2.69. The summed E-state index contributed by atoms with van der Waals surface area (Å²) >= 11 is 6.16. The van der Waals surface area contributed by atoms with Gasteiger partial charge in [0.25, 0.3) is 0 Å². The first-order chi connectivity index (χ1) is 14.0. The minimum atomic E-state index is -0.675. The highest BCUT2D eigenvalue weighted by Gasteiger charge is 2.17. The summed E-state index contributed by atoms with van der Waals surface area (Å²) in [7, 11) is 2.94. The van der Waals surface area contributed by atoms with Gasteiger partial charge >= 0.3 is 5.97 Å². The van der Waals surface area contributed by atoms with Crippen LogP contribution in [0.4, 0.5) is 0 Å². The molecule has 0 saturated carbocycles. The predicted octanol–water partition coefficient (Wildman–Crippen LogP) is 3.57. The molecule has 1 aliphatic rings. The molecule has 29 heavy (non-hydrogen) atoms. The molecule has 1 heterocycles. The van der Waals surface area contributed by atoms with Crippen molar-refractivity contribution in [3.05, 3.63) is 52.6 Å². The zero-order valence-corrected chi connectivity index (χ0v) is 16.7. The number of benzene rings is 2. The molecule has 0 radical (unpaired) electrons. The fraction of sp³-hybridized carbons (Fsp3) is 0.238. The zero-order chi connectivity index (χ0) is 20.8. The van der Waals surface area contributed by atoms with Crippen LogP contribution in [-0.4, -0.2) is 45.8 Å². The van der Waals surface area contributed by atoms with E-state index >= 15 is 0 Å². The smallest absolute Gasteiger partial charge is 0.331 e. The number of carbonyl (C=O) groups excluding carboxylic acids is 2. The number of rotatable bonds is 7. The van der Waals surface area contributed by atoms with Crippen LogP contribution in [0.1, 0.15) is 15.9 Å². The molecule has 0 amide bonds. The number of methoxy groups -OCH3 is 2. The van der Waals surface area contributed by atoms with Gasteiger partial charge in [-0.15, -0.1) is 0 Å². The van der Waals surface area contributed by atoms with Crippen LogP contribution in [-0.2, 0) is 9.53 Å². The van der Waals surface area contributed by atoms with E-state index in [1.54, 1.807) is 24.3 Å². The molecular formula is C21H19ClO7. The first-order valence-electron chi connectivity index (χ1n) is 8.71. The maximum Gasteiger partial charge on any atom is 0.331 e. The Kier molecular flexibility index (Phi) is 6.61. The number of esters is 1. The number of fused-ring (bicyclic) bond motifs is 1. The van der Waals surface area contributed by atoms with Gasteiger partial charge in [-0.25, -0.2) is 4.79 Å². The van der Waals surface area contributed by atoms with E-state index in [4.69, 9.17) is 35.3 Å². The Labute approximate surface area is 172 Å². The van der Waals surface area contributed by atoms with Gasteiger partial charge in [-0.1, -0.05) is 11.6 Å². The maximum absolute atomic E-state index is 12.4. The van der Waals surface area contributed by atoms with Crippen molar-refractivity contribution in [2.75, 3.05) is 34.0 Å². The van der Waals surface area contributed by atoms with Gasteiger partial charge in [-0.05, 0) is 42.0 Å². The Hall–Kier alpha value is -3.19. The minimum Gasteiger partial charge on any atom is -0.497 e. The van der Waals surface area contributed by atoms with Crippen LogP contribution in [0.25, 0.3) is 6.08 Å². The first kappa shape index (κ1) is 20.5. The summed E-state index contributed by atoms with van der Waals surface area (Å²) in [6.07, 6.45) is 2.72. The highest BCUT2D eigenvalue weighted by atomic mass is 35.5. The summed E-state index contributed by atoms with van der Waals surface area (Å²) in [6.45, 7) is 0.420. The average Bonchev–Trinajstić information content (AvgIpc) is 2.75. The Morgan fingerprint density at radius 3 is 2.66 bits per heavy atom. The van der Waals surface area contributed by atoms with E-state index in [9.17, 15) is 9.59 Å². The monoisotopic (exact) mass is 418 g/mol. The van der Waals surface area contributed by atoms with Crippen LogP contribution in [0.15, 0.2) is 36.4 Å². The van der Waals surface area contributed by atoms with Gasteiger partial charge in [0.05, 0.1) is 24.8 Å². The van der Waals surface area contributed by atoms with Crippen molar-refractivity contribution in [2.45, 2.75) is 0 Å². The second-order valence-corrected chi connectivity index (χ2v) is 6.36. The predicted molar refractivity (Wildman–Crippen MR) is 106 cm³/mol. The van der Waals surface area contributed by atoms with E-state index < -0.39 is 18.4 Å². The Balaban J connectivity index is 1.63. The summed E-state index contributed by atoms with van der Waals surface area (Å²) < 4.78 is 26.3. The van der Waals surface area contributed by atoms with E-state index in [1.807, 2.05) is 0 Å². The molecule has 7 nitrogen and oxygen atoms in total. The molecule has 0 N–H and O–H groups in total. The topological polar surface area (TPSA) is 80.3 Å². The van der Waals surface area contributed by atoms with Crippen molar-refractivity contribution in [1.82, 2.24) is 0 Å². The standard InChI is InChI=1S/C21H19ClO7/c1-25-14-4-5-18(26-2)15(11-14)17(23)12-29-20(24)6-3-13-9-16(22)21-19(10-13)27-7-8-28-21/h3-6,9-11H,7-8,12H2,1-2H3/b6-3+. The number of carbonyl (C=O) groups is 2. The first-order valence-corrected chi connectivity index (χ1v) is 9.09. The SMILES string of the molecule is COc1ccc(OC)c(C(=O)COC(=O)/C=C/c2cc(Cl)c3c(c2)OCCO3)c1. The third kappa shape index (κ3) is 5.00. The third-order valence-corrected chi connectivity index (χ3v) is 4.36. The molecule has 0 spiro atoms. The van der Waals surface area contributed by atoms with E-state index in [-0.39, 0.29) is 5.56 Å². The van der Waals surface area contributed by atoms with Gasteiger partial charge in [0.1, 0.15) is 24.7 Å².